The smallest absolute Gasteiger partial charge is 0.217 e. The number of rotatable bonds is 20. The molecule has 17 heteroatoms. The predicted octanol–water partition coefficient (Wildman–Crippen LogP) is 17.7. The Labute approximate surface area is 578 Å². The second kappa shape index (κ2) is 95.4. The van der Waals surface area contributed by atoms with Crippen LogP contribution in [0, 0.1) is 17.8 Å². The number of hydrogen-bond donors (Lipinski definition) is 13. The molecule has 2 amide bonds. The number of benzene rings is 3. The van der Waals surface area contributed by atoms with Crippen molar-refractivity contribution in [2.75, 3.05) is 31.8 Å². The van der Waals surface area contributed by atoms with Gasteiger partial charge in [0.15, 0.2) is 18.5 Å². The summed E-state index contributed by atoms with van der Waals surface area (Å²) in [6.07, 6.45) is 21.8. The number of para-hydroxylation sites is 1. The summed E-state index contributed by atoms with van der Waals surface area (Å²) in [7, 11) is 0. The molecule has 0 radical (unpaired) electrons. The molecule has 1 aliphatic rings. The van der Waals surface area contributed by atoms with Gasteiger partial charge in [-0.3, -0.25) is 14.6 Å². The predicted molar refractivity (Wildman–Crippen MR) is 417 cm³/mol. The lowest BCUT2D eigenvalue weighted by Crippen LogP contribution is -2.22. The minimum absolute atomic E-state index is 0. The van der Waals surface area contributed by atoms with Crippen molar-refractivity contribution >= 4 is 40.4 Å². The first-order valence-electron chi connectivity index (χ1n) is 34.6. The van der Waals surface area contributed by atoms with E-state index in [4.69, 9.17) is 48.5 Å². The number of nitrogens with zero attached hydrogens (tertiary/aromatic N) is 1. The average Bonchev–Trinajstić information content (AvgIpc) is 1.73. The second-order valence-corrected chi connectivity index (χ2v) is 22.8. The van der Waals surface area contributed by atoms with Crippen molar-refractivity contribution < 1.29 is 35.1 Å². The SMILES string of the molecule is C.CC.CC(C)C.CCC(C)C.CCC(C)C.CCC(N)=O.CCC(O)O.CCC1=CNCN1.CCCC(N)=O.CCCC(O)O.CCCCCN.CCCCN=C(N)N.CCCSC.CCc1c[nH]c2ccccc12.CCc1ccc(O)cc1.CCc1ccccc1. The number of hydrogen-bond acceptors (Lipinski definition) is 12. The Morgan fingerprint density at radius 2 is 1.03 bits per heavy atom. The highest BCUT2D eigenvalue weighted by Gasteiger charge is 1.98. The molecule has 5 rings (SSSR count). The molecule has 0 aliphatic carbocycles. The van der Waals surface area contributed by atoms with Gasteiger partial charge in [0.05, 0.1) is 6.67 Å². The van der Waals surface area contributed by atoms with Crippen LogP contribution in [0.3, 0.4) is 0 Å². The number of carbonyl (C=O) groups excluding carboxylic acids is 2. The molecule has 4 aromatic rings. The molecular formula is C76H155N9O7S. The molecular weight excluding hydrogens is 1180 g/mol. The molecule has 552 valence electrons. The van der Waals surface area contributed by atoms with Gasteiger partial charge in [-0.05, 0) is 135 Å². The number of nitrogens with two attached hydrogens (primary N) is 5. The molecule has 0 saturated carbocycles. The molecule has 1 aliphatic heterocycles. The van der Waals surface area contributed by atoms with Crippen LogP contribution >= 0.6 is 11.8 Å². The highest BCUT2D eigenvalue weighted by atomic mass is 32.2. The number of aromatic nitrogens is 1. The first-order chi connectivity index (χ1) is 43.6. The number of unbranched alkanes of at least 4 members (excludes halogenated alkanes) is 3. The Balaban J connectivity index is -0.0000000871. The number of aromatic hydroxyl groups is 1. The van der Waals surface area contributed by atoms with Gasteiger partial charge in [0.2, 0.25) is 11.8 Å². The highest BCUT2D eigenvalue weighted by molar-refractivity contribution is 7.98. The monoisotopic (exact) mass is 1340 g/mol. The summed E-state index contributed by atoms with van der Waals surface area (Å²) in [5.41, 5.74) is 31.4. The number of fused-ring (bicyclic) bond motifs is 1. The number of aryl methyl sites for hydroxylation is 3. The largest absolute Gasteiger partial charge is 0.508 e. The number of amides is 2. The lowest BCUT2D eigenvalue weighted by atomic mass is 10.1. The quantitative estimate of drug-likeness (QED) is 0.0170. The summed E-state index contributed by atoms with van der Waals surface area (Å²) in [5.74, 6) is 3.98. The number of aromatic amines is 1. The maximum Gasteiger partial charge on any atom is 0.217 e. The van der Waals surface area contributed by atoms with E-state index < -0.39 is 12.6 Å². The highest BCUT2D eigenvalue weighted by Crippen LogP contribution is 2.17. The maximum absolute atomic E-state index is 9.82. The summed E-state index contributed by atoms with van der Waals surface area (Å²) < 4.78 is 0. The molecule has 0 atom stereocenters. The van der Waals surface area contributed by atoms with Gasteiger partial charge in [0.1, 0.15) is 5.75 Å². The Morgan fingerprint density at radius 1 is 0.581 bits per heavy atom. The van der Waals surface area contributed by atoms with Gasteiger partial charge in [-0.15, -0.1) is 0 Å². The number of H-pyrrole nitrogens is 1. The van der Waals surface area contributed by atoms with Crippen molar-refractivity contribution in [3.05, 3.63) is 114 Å². The second-order valence-electron chi connectivity index (χ2n) is 21.8. The van der Waals surface area contributed by atoms with Crippen LogP contribution in [-0.4, -0.2) is 92.6 Å². The molecule has 18 N–H and O–H groups in total. The summed E-state index contributed by atoms with van der Waals surface area (Å²) in [4.78, 5) is 26.4. The number of phenols is 1. The normalized spacial score (nSPS) is 9.62. The van der Waals surface area contributed by atoms with E-state index in [1.165, 1.54) is 77.6 Å². The molecule has 0 unspecified atom stereocenters. The Morgan fingerprint density at radius 3 is 1.27 bits per heavy atom. The third-order valence-electron chi connectivity index (χ3n) is 11.1. The number of primary amides is 2. The van der Waals surface area contributed by atoms with Gasteiger partial charge in [-0.1, -0.05) is 259 Å². The molecule has 0 fully saturated rings. The van der Waals surface area contributed by atoms with Crippen molar-refractivity contribution in [1.29, 1.82) is 0 Å². The first-order valence-corrected chi connectivity index (χ1v) is 36.0. The Kier molecular flexibility index (Phi) is 115. The number of allylic oxidation sites excluding steroid dienone is 1. The van der Waals surface area contributed by atoms with Gasteiger partial charge in [-0.2, -0.15) is 11.8 Å². The molecule has 0 bridgehead atoms. The maximum atomic E-state index is 9.82. The van der Waals surface area contributed by atoms with Crippen LogP contribution in [0.5, 0.6) is 5.75 Å². The molecule has 93 heavy (non-hydrogen) atoms. The third-order valence-corrected chi connectivity index (χ3v) is 12.0. The van der Waals surface area contributed by atoms with Crippen molar-refractivity contribution in [3.63, 3.8) is 0 Å². The van der Waals surface area contributed by atoms with E-state index >= 15 is 0 Å². The van der Waals surface area contributed by atoms with Gasteiger partial charge in [0.25, 0.3) is 0 Å². The minimum atomic E-state index is -1.12. The third kappa shape index (κ3) is 121. The Bertz CT molecular complexity index is 2000. The van der Waals surface area contributed by atoms with Crippen LogP contribution in [-0.2, 0) is 28.9 Å². The zero-order valence-corrected chi connectivity index (χ0v) is 64.2. The van der Waals surface area contributed by atoms with E-state index in [-0.39, 0.29) is 25.2 Å². The van der Waals surface area contributed by atoms with Gasteiger partial charge in [0, 0.05) is 48.4 Å². The van der Waals surface area contributed by atoms with Crippen LogP contribution < -0.4 is 39.3 Å². The van der Waals surface area contributed by atoms with Gasteiger partial charge < -0.3 is 69.8 Å². The molecule has 3 aromatic carbocycles. The first kappa shape index (κ1) is 112. The van der Waals surface area contributed by atoms with Crippen molar-refractivity contribution in [2.45, 2.75) is 288 Å². The number of aliphatic imine (C=N–C) groups is 1. The summed E-state index contributed by atoms with van der Waals surface area (Å²) in [6, 6.07) is 26.1. The van der Waals surface area contributed by atoms with Crippen molar-refractivity contribution in [3.8, 4) is 5.75 Å². The number of thioether (sulfide) groups is 1. The van der Waals surface area contributed by atoms with Crippen molar-refractivity contribution in [2.24, 2.45) is 51.4 Å². The lowest BCUT2D eigenvalue weighted by Gasteiger charge is -1.94. The van der Waals surface area contributed by atoms with Crippen LogP contribution in [0.25, 0.3) is 10.9 Å². The van der Waals surface area contributed by atoms with E-state index in [1.54, 1.807) is 26.0 Å². The number of aliphatic hydroxyl groups excluding tert-OH is 2. The summed E-state index contributed by atoms with van der Waals surface area (Å²) >= 11 is 1.90. The number of nitrogens with one attached hydrogen (secondary N) is 3. The van der Waals surface area contributed by atoms with E-state index in [9.17, 15) is 9.59 Å². The molecule has 16 nitrogen and oxygen atoms in total. The zero-order chi connectivity index (χ0) is 73.4. The van der Waals surface area contributed by atoms with Crippen LogP contribution in [0.4, 0.5) is 0 Å². The number of aliphatic hydroxyl groups is 4. The molecule has 2 heterocycles. The van der Waals surface area contributed by atoms with Crippen LogP contribution in [0.2, 0.25) is 0 Å². The fourth-order valence-electron chi connectivity index (χ4n) is 4.96. The zero-order valence-electron chi connectivity index (χ0n) is 63.4. The summed E-state index contributed by atoms with van der Waals surface area (Å²) in [6.45, 7) is 48.6. The minimum Gasteiger partial charge on any atom is -0.508 e. The lowest BCUT2D eigenvalue weighted by molar-refractivity contribution is -0.118. The van der Waals surface area contributed by atoms with E-state index in [0.29, 0.717) is 31.4 Å². The molecule has 0 spiro atoms. The van der Waals surface area contributed by atoms with Crippen molar-refractivity contribution in [1.82, 2.24) is 15.6 Å². The fraction of sp³-hybridized carbons (Fsp3) is 0.671. The van der Waals surface area contributed by atoms with Crippen LogP contribution in [0.1, 0.15) is 273 Å². The standard InChI is InChI=1S/C10H11N.C8H10O.C8H10.C5H13N3.C5H10N2.C5H13N.2C5H12.C4H9NO.C4H10O2.C4H10S.C4H10.C3H7NO.C3H8O2.C2H6.CH4/c1-2-8-7-11-10-6-4-3-5-9(8)10;1-2-7-3-5-8(9)6-4-7;1-2-8-6-4-3-5-7-8;1-2-3-4-8-5(6)7;1-2-5-3-6-4-7-5;1-2-3-4-5-6;2*1-4-5(2)3;2*1-2-3-4(5)6;1-3-4-5-2;1-4(2)3;2*1-2-3(4)5;1-2;/h3-7,11H,2H2,1H3;3-6,9H,2H2,1H3;3-7H,2H2,1H3;2-4H2,1H3,(H4,6,7,8);3,6-7H,2,4H2,1H3;2-6H2,1H3;2*5H,4H2,1-3H3;2-3H2,1H3,(H2,5,6);4-6H,2-3H2,1H3;3-4H2,1-2H3;4H,1-3H3;2H2,1H3,(H2,4,5);3-5H,2H2,1H3;1-2H3;1H4. The average molecular weight is 1340 g/mol. The van der Waals surface area contributed by atoms with E-state index in [0.717, 1.165) is 88.9 Å². The van der Waals surface area contributed by atoms with Gasteiger partial charge in [-0.25, -0.2) is 0 Å². The van der Waals surface area contributed by atoms with E-state index in [1.807, 2.05) is 63.9 Å². The topological polar surface area (TPSA) is 318 Å². The van der Waals surface area contributed by atoms with Gasteiger partial charge >= 0.3 is 0 Å². The number of phenolic OH excluding ortho intramolecular Hbond substituents is 1. The summed E-state index contributed by atoms with van der Waals surface area (Å²) in [5, 5.41) is 48.5. The van der Waals surface area contributed by atoms with Crippen LogP contribution in [0.15, 0.2) is 102 Å². The number of guanidine groups is 1. The van der Waals surface area contributed by atoms with E-state index in [2.05, 4.69) is 198 Å². The number of carbonyl (C=O) groups is 2. The molecule has 0 saturated heterocycles. The molecule has 1 aromatic heterocycles. The Hall–Kier alpha value is -5.30. The fourth-order valence-corrected chi connectivity index (χ4v) is 5.36.